The highest BCUT2D eigenvalue weighted by Crippen LogP contribution is 2.39. The van der Waals surface area contributed by atoms with Gasteiger partial charge in [0.25, 0.3) is 0 Å². The van der Waals surface area contributed by atoms with Crippen molar-refractivity contribution in [2.45, 2.75) is 58.1 Å². The van der Waals surface area contributed by atoms with Crippen LogP contribution in [-0.2, 0) is 4.74 Å². The number of hydrogen-bond acceptors (Lipinski definition) is 3. The molecule has 3 nitrogen and oxygen atoms in total. The van der Waals surface area contributed by atoms with Crippen LogP contribution in [0.15, 0.2) is 0 Å². The first-order valence-corrected chi connectivity index (χ1v) is 7.48. The number of nitrogens with two attached hydrogens (primary N) is 1. The molecule has 0 bridgehead atoms. The van der Waals surface area contributed by atoms with Crippen LogP contribution in [0.5, 0.6) is 0 Å². The lowest BCUT2D eigenvalue weighted by molar-refractivity contribution is -0.114. The molecule has 0 saturated carbocycles. The minimum Gasteiger partial charge on any atom is -0.375 e. The lowest BCUT2D eigenvalue weighted by Crippen LogP contribution is -2.60. The molecule has 2 N–H and O–H groups in total. The molecule has 0 amide bonds. The fourth-order valence-corrected chi connectivity index (χ4v) is 3.78. The maximum Gasteiger partial charge on any atom is 0.0644 e. The molecule has 2 rings (SSSR count). The summed E-state index contributed by atoms with van der Waals surface area (Å²) in [5.41, 5.74) is 6.33. The van der Waals surface area contributed by atoms with E-state index in [1.165, 1.54) is 19.5 Å². The van der Waals surface area contributed by atoms with Gasteiger partial charge >= 0.3 is 0 Å². The van der Waals surface area contributed by atoms with Crippen molar-refractivity contribution in [2.24, 2.45) is 17.6 Å². The molecule has 2 atom stereocenters. The predicted molar refractivity (Wildman–Crippen MR) is 75.6 cm³/mol. The maximum atomic E-state index is 6.16. The van der Waals surface area contributed by atoms with Crippen LogP contribution in [0.4, 0.5) is 0 Å². The van der Waals surface area contributed by atoms with Gasteiger partial charge in [-0.15, -0.1) is 0 Å². The standard InChI is InChI=1S/C15H30N2O/c1-12(2)13-5-7-17(9-13)15(11-16)6-8-18-14(3,4)10-15/h12-13H,5-11,16H2,1-4H3. The van der Waals surface area contributed by atoms with Gasteiger partial charge in [-0.05, 0) is 51.5 Å². The molecular weight excluding hydrogens is 224 g/mol. The quantitative estimate of drug-likeness (QED) is 0.839. The van der Waals surface area contributed by atoms with E-state index >= 15 is 0 Å². The molecule has 0 aromatic rings. The fraction of sp³-hybridized carbons (Fsp3) is 1.00. The molecule has 18 heavy (non-hydrogen) atoms. The molecular formula is C15H30N2O. The van der Waals surface area contributed by atoms with Gasteiger partial charge in [-0.1, -0.05) is 13.8 Å². The summed E-state index contributed by atoms with van der Waals surface area (Å²) in [5, 5.41) is 0. The second kappa shape index (κ2) is 5.10. The second-order valence-electron chi connectivity index (χ2n) is 7.20. The van der Waals surface area contributed by atoms with Crippen molar-refractivity contribution in [3.05, 3.63) is 0 Å². The van der Waals surface area contributed by atoms with Crippen LogP contribution in [0.2, 0.25) is 0 Å². The minimum absolute atomic E-state index is 0.0203. The molecule has 2 heterocycles. The van der Waals surface area contributed by atoms with E-state index in [0.29, 0.717) is 0 Å². The first kappa shape index (κ1) is 14.3. The largest absolute Gasteiger partial charge is 0.375 e. The van der Waals surface area contributed by atoms with Crippen LogP contribution in [0, 0.1) is 11.8 Å². The second-order valence-corrected chi connectivity index (χ2v) is 7.20. The highest BCUT2D eigenvalue weighted by molar-refractivity contribution is 5.01. The molecule has 2 aliphatic heterocycles. The van der Waals surface area contributed by atoms with Crippen molar-refractivity contribution in [1.29, 1.82) is 0 Å². The fourth-order valence-electron chi connectivity index (χ4n) is 3.78. The summed E-state index contributed by atoms with van der Waals surface area (Å²) in [6, 6.07) is 0. The highest BCUT2D eigenvalue weighted by atomic mass is 16.5. The van der Waals surface area contributed by atoms with Crippen LogP contribution in [-0.4, -0.2) is 42.3 Å². The van der Waals surface area contributed by atoms with E-state index in [4.69, 9.17) is 10.5 Å². The average molecular weight is 254 g/mol. The van der Waals surface area contributed by atoms with E-state index in [-0.39, 0.29) is 11.1 Å². The van der Waals surface area contributed by atoms with Crippen molar-refractivity contribution >= 4 is 0 Å². The molecule has 0 aromatic carbocycles. The topological polar surface area (TPSA) is 38.5 Å². The third-order valence-corrected chi connectivity index (χ3v) is 5.03. The molecule has 0 aromatic heterocycles. The summed E-state index contributed by atoms with van der Waals surface area (Å²) >= 11 is 0. The van der Waals surface area contributed by atoms with Gasteiger partial charge in [0, 0.05) is 25.2 Å². The Bertz CT molecular complexity index is 290. The zero-order chi connectivity index (χ0) is 13.4. The molecule has 0 radical (unpaired) electrons. The Labute approximate surface area is 112 Å². The first-order chi connectivity index (χ1) is 8.38. The van der Waals surface area contributed by atoms with Crippen LogP contribution in [0.25, 0.3) is 0 Å². The summed E-state index contributed by atoms with van der Waals surface area (Å²) in [4.78, 5) is 2.67. The van der Waals surface area contributed by atoms with Gasteiger partial charge in [0.1, 0.15) is 0 Å². The van der Waals surface area contributed by atoms with Crippen LogP contribution in [0.1, 0.15) is 47.0 Å². The average Bonchev–Trinajstić information content (AvgIpc) is 2.77. The van der Waals surface area contributed by atoms with Gasteiger partial charge in [-0.2, -0.15) is 0 Å². The van der Waals surface area contributed by atoms with E-state index < -0.39 is 0 Å². The van der Waals surface area contributed by atoms with Gasteiger partial charge < -0.3 is 10.5 Å². The van der Waals surface area contributed by atoms with Crippen LogP contribution in [0.3, 0.4) is 0 Å². The van der Waals surface area contributed by atoms with E-state index in [1.807, 2.05) is 0 Å². The Morgan fingerprint density at radius 3 is 2.61 bits per heavy atom. The van der Waals surface area contributed by atoms with E-state index in [9.17, 15) is 0 Å². The van der Waals surface area contributed by atoms with Gasteiger partial charge in [0.05, 0.1) is 5.60 Å². The van der Waals surface area contributed by atoms with Gasteiger partial charge in [-0.3, -0.25) is 4.90 Å². The van der Waals surface area contributed by atoms with Crippen molar-refractivity contribution in [1.82, 2.24) is 4.90 Å². The zero-order valence-corrected chi connectivity index (χ0v) is 12.5. The lowest BCUT2D eigenvalue weighted by atomic mass is 9.80. The first-order valence-electron chi connectivity index (χ1n) is 7.48. The maximum absolute atomic E-state index is 6.16. The molecule has 0 aliphatic carbocycles. The van der Waals surface area contributed by atoms with E-state index in [2.05, 4.69) is 32.6 Å². The number of ether oxygens (including phenoxy) is 1. The summed E-state index contributed by atoms with van der Waals surface area (Å²) in [6.07, 6.45) is 3.50. The Hall–Kier alpha value is -0.120. The number of hydrogen-bond donors (Lipinski definition) is 1. The molecule has 106 valence electrons. The summed E-state index contributed by atoms with van der Waals surface area (Å²) in [7, 11) is 0. The SMILES string of the molecule is CC(C)C1CCN(C2(CN)CCOC(C)(C)C2)C1. The smallest absolute Gasteiger partial charge is 0.0644 e. The lowest BCUT2D eigenvalue weighted by Gasteiger charge is -2.49. The normalized spacial score (nSPS) is 37.3. The van der Waals surface area contributed by atoms with Crippen LogP contribution >= 0.6 is 0 Å². The third kappa shape index (κ3) is 2.73. The number of nitrogens with zero attached hydrogens (tertiary/aromatic N) is 1. The zero-order valence-electron chi connectivity index (χ0n) is 12.5. The van der Waals surface area contributed by atoms with Crippen molar-refractivity contribution in [3.8, 4) is 0 Å². The van der Waals surface area contributed by atoms with Crippen molar-refractivity contribution in [2.75, 3.05) is 26.2 Å². The van der Waals surface area contributed by atoms with Gasteiger partial charge in [0.2, 0.25) is 0 Å². The van der Waals surface area contributed by atoms with Crippen molar-refractivity contribution in [3.63, 3.8) is 0 Å². The summed E-state index contributed by atoms with van der Waals surface area (Å²) in [5.74, 6) is 1.64. The van der Waals surface area contributed by atoms with Crippen LogP contribution < -0.4 is 5.73 Å². The number of rotatable bonds is 3. The van der Waals surface area contributed by atoms with E-state index in [0.717, 1.165) is 37.8 Å². The van der Waals surface area contributed by atoms with Gasteiger partial charge in [0.15, 0.2) is 0 Å². The van der Waals surface area contributed by atoms with Gasteiger partial charge in [-0.25, -0.2) is 0 Å². The Kier molecular flexibility index (Phi) is 4.05. The molecule has 2 saturated heterocycles. The molecule has 2 unspecified atom stereocenters. The number of likely N-dealkylation sites (tertiary alicyclic amines) is 1. The third-order valence-electron chi connectivity index (χ3n) is 5.03. The van der Waals surface area contributed by atoms with E-state index in [1.54, 1.807) is 0 Å². The predicted octanol–water partition coefficient (Wildman–Crippen LogP) is 2.25. The Morgan fingerprint density at radius 1 is 1.39 bits per heavy atom. The monoisotopic (exact) mass is 254 g/mol. The molecule has 0 spiro atoms. The minimum atomic E-state index is -0.0203. The highest BCUT2D eigenvalue weighted by Gasteiger charge is 2.46. The Balaban J connectivity index is 2.09. The summed E-state index contributed by atoms with van der Waals surface area (Å²) < 4.78 is 5.87. The summed E-state index contributed by atoms with van der Waals surface area (Å²) in [6.45, 7) is 13.2. The molecule has 2 fully saturated rings. The molecule has 2 aliphatic rings. The Morgan fingerprint density at radius 2 is 2.11 bits per heavy atom. The van der Waals surface area contributed by atoms with Crippen molar-refractivity contribution < 1.29 is 4.74 Å². The molecule has 3 heteroatoms.